The summed E-state index contributed by atoms with van der Waals surface area (Å²) in [5, 5.41) is 11.9. The predicted molar refractivity (Wildman–Crippen MR) is 106 cm³/mol. The topological polar surface area (TPSA) is 84.4 Å². The molecule has 0 aliphatic carbocycles. The number of nitrogens with two attached hydrogens (primary N) is 1. The second kappa shape index (κ2) is 8.52. The van der Waals surface area contributed by atoms with Gasteiger partial charge >= 0.3 is 0 Å². The van der Waals surface area contributed by atoms with Crippen molar-refractivity contribution in [3.05, 3.63) is 47.5 Å². The molecule has 2 aromatic rings. The molecule has 7 nitrogen and oxygen atoms in total. The minimum Gasteiger partial charge on any atom is -0.370 e. The molecule has 1 aromatic heterocycles. The molecule has 1 fully saturated rings. The van der Waals surface area contributed by atoms with E-state index in [4.69, 9.17) is 5.73 Å². The van der Waals surface area contributed by atoms with E-state index in [1.165, 1.54) is 18.4 Å². The van der Waals surface area contributed by atoms with Crippen molar-refractivity contribution in [2.45, 2.75) is 57.8 Å². The Morgan fingerprint density at radius 3 is 2.74 bits per heavy atom. The van der Waals surface area contributed by atoms with E-state index >= 15 is 0 Å². The number of aliphatic imine (C=N–C) groups is 1. The lowest BCUT2D eigenvalue weighted by molar-refractivity contribution is 0.199. The summed E-state index contributed by atoms with van der Waals surface area (Å²) in [6.07, 6.45) is 5.59. The van der Waals surface area contributed by atoms with Crippen molar-refractivity contribution < 1.29 is 0 Å². The number of guanidine groups is 1. The van der Waals surface area contributed by atoms with Crippen LogP contribution in [0, 0.1) is 0 Å². The molecule has 1 saturated heterocycles. The highest BCUT2D eigenvalue weighted by molar-refractivity contribution is 5.78. The van der Waals surface area contributed by atoms with Gasteiger partial charge in [0.15, 0.2) is 11.8 Å². The number of hydrogen-bond acceptors (Lipinski definition) is 4. The van der Waals surface area contributed by atoms with Crippen molar-refractivity contribution in [1.29, 1.82) is 0 Å². The highest BCUT2D eigenvalue weighted by Crippen LogP contribution is 2.15. The van der Waals surface area contributed by atoms with Crippen molar-refractivity contribution in [3.8, 4) is 0 Å². The first-order chi connectivity index (χ1) is 13.3. The quantitative estimate of drug-likeness (QED) is 0.620. The third-order valence-electron chi connectivity index (χ3n) is 5.52. The Balaban J connectivity index is 1.24. The average molecular weight is 368 g/mol. The number of hydrogen-bond donors (Lipinski definition) is 2. The first-order valence-electron chi connectivity index (χ1n) is 10.0. The molecular formula is C20H29N7. The van der Waals surface area contributed by atoms with E-state index in [0.29, 0.717) is 18.5 Å². The summed E-state index contributed by atoms with van der Waals surface area (Å²) in [7, 11) is 0. The van der Waals surface area contributed by atoms with Gasteiger partial charge in [-0.05, 0) is 31.2 Å². The zero-order valence-electron chi connectivity index (χ0n) is 15.8. The normalized spacial score (nSPS) is 19.0. The first-order valence-corrected chi connectivity index (χ1v) is 10.0. The second-order valence-electron chi connectivity index (χ2n) is 7.52. The van der Waals surface area contributed by atoms with Crippen LogP contribution >= 0.6 is 0 Å². The van der Waals surface area contributed by atoms with Gasteiger partial charge in [-0.3, -0.25) is 4.90 Å². The fraction of sp³-hybridized carbons (Fsp3) is 0.550. The molecule has 27 heavy (non-hydrogen) atoms. The molecule has 0 amide bonds. The van der Waals surface area contributed by atoms with Gasteiger partial charge < -0.3 is 15.6 Å². The Labute approximate surface area is 160 Å². The predicted octanol–water partition coefficient (Wildman–Crippen LogP) is 1.68. The lowest BCUT2D eigenvalue weighted by Gasteiger charge is -2.32. The average Bonchev–Trinajstić information content (AvgIpc) is 3.12. The minimum absolute atomic E-state index is 0.396. The number of aromatic nitrogens is 3. The van der Waals surface area contributed by atoms with E-state index in [1.807, 2.05) is 0 Å². The van der Waals surface area contributed by atoms with Crippen molar-refractivity contribution in [2.24, 2.45) is 10.7 Å². The highest BCUT2D eigenvalue weighted by Gasteiger charge is 2.20. The van der Waals surface area contributed by atoms with Gasteiger partial charge in [-0.25, -0.2) is 4.99 Å². The number of fused-ring (bicyclic) bond motifs is 1. The number of benzene rings is 1. The number of nitrogens with zero attached hydrogens (tertiary/aromatic N) is 5. The SMILES string of the molecule is NC(=NCc1nnc2n1CCCC2)NC1CCN(Cc2ccccc2)CC1. The molecule has 0 bridgehead atoms. The van der Waals surface area contributed by atoms with Crippen molar-refractivity contribution in [1.82, 2.24) is 25.0 Å². The summed E-state index contributed by atoms with van der Waals surface area (Å²) < 4.78 is 2.20. The zero-order valence-corrected chi connectivity index (χ0v) is 15.8. The summed E-state index contributed by atoms with van der Waals surface area (Å²) in [5.74, 6) is 2.53. The highest BCUT2D eigenvalue weighted by atomic mass is 15.3. The molecule has 2 aliphatic rings. The number of aryl methyl sites for hydroxylation is 1. The minimum atomic E-state index is 0.396. The van der Waals surface area contributed by atoms with Crippen molar-refractivity contribution in [3.63, 3.8) is 0 Å². The Morgan fingerprint density at radius 1 is 1.11 bits per heavy atom. The van der Waals surface area contributed by atoms with Crippen molar-refractivity contribution >= 4 is 5.96 Å². The fourth-order valence-electron chi connectivity index (χ4n) is 3.97. The van der Waals surface area contributed by atoms with E-state index in [1.54, 1.807) is 0 Å². The zero-order chi connectivity index (χ0) is 18.5. The van der Waals surface area contributed by atoms with Gasteiger partial charge in [0, 0.05) is 38.6 Å². The Morgan fingerprint density at radius 2 is 1.93 bits per heavy atom. The van der Waals surface area contributed by atoms with E-state index in [9.17, 15) is 0 Å². The molecule has 2 aliphatic heterocycles. The van der Waals surface area contributed by atoms with E-state index < -0.39 is 0 Å². The van der Waals surface area contributed by atoms with Crippen LogP contribution in [0.4, 0.5) is 0 Å². The largest absolute Gasteiger partial charge is 0.370 e. The van der Waals surface area contributed by atoms with Crippen molar-refractivity contribution in [2.75, 3.05) is 13.1 Å². The molecule has 7 heteroatoms. The standard InChI is InChI=1S/C20H29N7/c21-20(22-14-19-25-24-18-8-4-5-11-27(18)19)23-17-9-12-26(13-10-17)15-16-6-2-1-3-7-16/h1-3,6-7,17H,4-5,8-15H2,(H3,21,22,23). The molecule has 0 spiro atoms. The van der Waals surface area contributed by atoms with Gasteiger partial charge in [0.05, 0.1) is 0 Å². The van der Waals surface area contributed by atoms with Crippen LogP contribution in [0.2, 0.25) is 0 Å². The summed E-state index contributed by atoms with van der Waals surface area (Å²) >= 11 is 0. The van der Waals surface area contributed by atoms with Crippen LogP contribution in [0.15, 0.2) is 35.3 Å². The lowest BCUT2D eigenvalue weighted by Crippen LogP contribution is -2.46. The van der Waals surface area contributed by atoms with E-state index in [2.05, 4.69) is 60.3 Å². The van der Waals surface area contributed by atoms with Gasteiger partial charge in [-0.2, -0.15) is 0 Å². The molecular weight excluding hydrogens is 338 g/mol. The number of nitrogens with one attached hydrogen (secondary N) is 1. The summed E-state index contributed by atoms with van der Waals surface area (Å²) in [5.41, 5.74) is 7.50. The maximum atomic E-state index is 6.12. The van der Waals surface area contributed by atoms with Crippen LogP contribution in [0.3, 0.4) is 0 Å². The lowest BCUT2D eigenvalue weighted by atomic mass is 10.0. The molecule has 4 rings (SSSR count). The van der Waals surface area contributed by atoms with E-state index in [-0.39, 0.29) is 0 Å². The summed E-state index contributed by atoms with van der Waals surface area (Å²) in [4.78, 5) is 7.01. The summed E-state index contributed by atoms with van der Waals surface area (Å²) in [6, 6.07) is 11.1. The Hall–Kier alpha value is -2.41. The van der Waals surface area contributed by atoms with Crippen LogP contribution in [0.5, 0.6) is 0 Å². The maximum Gasteiger partial charge on any atom is 0.189 e. The summed E-state index contributed by atoms with van der Waals surface area (Å²) in [6.45, 7) is 4.68. The first kappa shape index (κ1) is 18.0. The monoisotopic (exact) mass is 367 g/mol. The Kier molecular flexibility index (Phi) is 5.67. The maximum absolute atomic E-state index is 6.12. The van der Waals surface area contributed by atoms with Crippen LogP contribution in [0.1, 0.15) is 42.9 Å². The molecule has 0 atom stereocenters. The van der Waals surface area contributed by atoms with Crippen LogP contribution < -0.4 is 11.1 Å². The smallest absolute Gasteiger partial charge is 0.189 e. The number of likely N-dealkylation sites (tertiary alicyclic amines) is 1. The third-order valence-corrected chi connectivity index (χ3v) is 5.52. The fourth-order valence-corrected chi connectivity index (χ4v) is 3.97. The van der Waals surface area contributed by atoms with Gasteiger partial charge in [0.25, 0.3) is 0 Å². The molecule has 3 heterocycles. The second-order valence-corrected chi connectivity index (χ2v) is 7.52. The number of rotatable bonds is 5. The van der Waals surface area contributed by atoms with Gasteiger partial charge in [0.1, 0.15) is 12.4 Å². The van der Waals surface area contributed by atoms with Crippen LogP contribution in [-0.4, -0.2) is 44.8 Å². The molecule has 1 aromatic carbocycles. The molecule has 0 saturated carbocycles. The molecule has 3 N–H and O–H groups in total. The Bertz CT molecular complexity index is 760. The van der Waals surface area contributed by atoms with Gasteiger partial charge in [0.2, 0.25) is 0 Å². The number of piperidine rings is 1. The van der Waals surface area contributed by atoms with Crippen LogP contribution in [0.25, 0.3) is 0 Å². The third kappa shape index (κ3) is 4.66. The van der Waals surface area contributed by atoms with Crippen LogP contribution in [-0.2, 0) is 26.1 Å². The van der Waals surface area contributed by atoms with Gasteiger partial charge in [-0.15, -0.1) is 10.2 Å². The molecule has 0 radical (unpaired) electrons. The molecule has 0 unspecified atom stereocenters. The van der Waals surface area contributed by atoms with Gasteiger partial charge in [-0.1, -0.05) is 30.3 Å². The molecule has 144 valence electrons. The van der Waals surface area contributed by atoms with E-state index in [0.717, 1.165) is 57.1 Å².